The number of phenols is 1. The van der Waals surface area contributed by atoms with Crippen LogP contribution in [0.1, 0.15) is 64.0 Å². The van der Waals surface area contributed by atoms with Crippen LogP contribution in [0, 0.1) is 5.92 Å². The highest BCUT2D eigenvalue weighted by Crippen LogP contribution is 2.26. The van der Waals surface area contributed by atoms with Gasteiger partial charge in [0.05, 0.1) is 45.1 Å². The highest BCUT2D eigenvalue weighted by atomic mass is 35.5. The number of halogens is 1. The number of nitrogens with zero attached hydrogens (tertiary/aromatic N) is 1. The van der Waals surface area contributed by atoms with E-state index in [2.05, 4.69) is 26.6 Å². The Bertz CT molecular complexity index is 1980. The lowest BCUT2D eigenvalue weighted by Gasteiger charge is -2.23. The second-order valence-electron chi connectivity index (χ2n) is 16.8. The van der Waals surface area contributed by atoms with Gasteiger partial charge in [-0.15, -0.1) is 12.4 Å². The summed E-state index contributed by atoms with van der Waals surface area (Å²) in [4.78, 5) is 80.9. The Morgan fingerprint density at radius 2 is 1.25 bits per heavy atom. The minimum Gasteiger partial charge on any atom is -0.508 e. The van der Waals surface area contributed by atoms with Crippen LogP contribution >= 0.6 is 12.4 Å². The van der Waals surface area contributed by atoms with Crippen LogP contribution in [0.4, 0.5) is 0 Å². The Morgan fingerprint density at radius 3 is 1.87 bits per heavy atom. The smallest absolute Gasteiger partial charge is 0.249 e. The van der Waals surface area contributed by atoms with Crippen LogP contribution in [-0.4, -0.2) is 135 Å². The van der Waals surface area contributed by atoms with E-state index in [1.165, 1.54) is 19.1 Å². The zero-order valence-electron chi connectivity index (χ0n) is 39.4. The molecular weight excluding hydrogens is 898 g/mol. The molecule has 0 fully saturated rings. The van der Waals surface area contributed by atoms with E-state index in [-0.39, 0.29) is 42.8 Å². The van der Waals surface area contributed by atoms with Crippen LogP contribution in [0.2, 0.25) is 0 Å². The van der Waals surface area contributed by atoms with Crippen molar-refractivity contribution in [2.45, 2.75) is 89.9 Å². The fraction of sp³-hybridized carbons (Fsp3) is 0.510. The molecule has 0 saturated carbocycles. The third kappa shape index (κ3) is 21.4. The SMILES string of the molecule is CC(C)C[C@H](NCCCCCC(=O)N1CCOCCOc2ccccc2OCCOCC1)C(=O)NC(=O)[C@H](Cc1ccccc1)NC(=O)CNC(=O)[C@@H](C)NC(=O)[C@@H](N)Cc1ccc(O)cc1.Cl. The Morgan fingerprint density at radius 1 is 0.662 bits per heavy atom. The summed E-state index contributed by atoms with van der Waals surface area (Å²) in [6.07, 6.45) is 3.09. The lowest BCUT2D eigenvalue weighted by Crippen LogP contribution is -2.56. The third-order valence-electron chi connectivity index (χ3n) is 10.7. The van der Waals surface area contributed by atoms with Gasteiger partial charge in [-0.25, -0.2) is 0 Å². The van der Waals surface area contributed by atoms with E-state index >= 15 is 0 Å². The first-order valence-corrected chi connectivity index (χ1v) is 23.1. The maximum absolute atomic E-state index is 13.7. The van der Waals surface area contributed by atoms with Gasteiger partial charge in [-0.3, -0.25) is 34.1 Å². The van der Waals surface area contributed by atoms with Crippen molar-refractivity contribution in [3.63, 3.8) is 0 Å². The van der Waals surface area contributed by atoms with Crippen molar-refractivity contribution in [2.24, 2.45) is 11.7 Å². The topological polar surface area (TPSA) is 249 Å². The van der Waals surface area contributed by atoms with Gasteiger partial charge in [-0.05, 0) is 80.5 Å². The van der Waals surface area contributed by atoms with Gasteiger partial charge in [-0.1, -0.05) is 74.9 Å². The minimum atomic E-state index is -1.16. The van der Waals surface area contributed by atoms with Crippen LogP contribution in [0.15, 0.2) is 78.9 Å². The van der Waals surface area contributed by atoms with Crippen molar-refractivity contribution in [2.75, 3.05) is 65.8 Å². The molecule has 1 aliphatic heterocycles. The summed E-state index contributed by atoms with van der Waals surface area (Å²) in [6.45, 7) is 8.35. The monoisotopic (exact) mass is 967 g/mol. The van der Waals surface area contributed by atoms with Crippen LogP contribution in [0.3, 0.4) is 0 Å². The number of nitrogens with one attached hydrogen (secondary N) is 5. The molecule has 1 heterocycles. The second-order valence-corrected chi connectivity index (χ2v) is 16.8. The molecule has 4 rings (SSSR count). The maximum Gasteiger partial charge on any atom is 0.249 e. The fourth-order valence-corrected chi connectivity index (χ4v) is 7.08. The first kappa shape index (κ1) is 56.5. The number of carbonyl (C=O) groups excluding carboxylic acids is 6. The summed E-state index contributed by atoms with van der Waals surface area (Å²) in [5.41, 5.74) is 7.49. The molecule has 19 heteroatoms. The average Bonchev–Trinajstić information content (AvgIpc) is 3.31. The molecule has 18 nitrogen and oxygen atoms in total. The lowest BCUT2D eigenvalue weighted by atomic mass is 10.0. The molecule has 0 spiro atoms. The van der Waals surface area contributed by atoms with E-state index in [0.717, 1.165) is 17.5 Å². The highest BCUT2D eigenvalue weighted by molar-refractivity contribution is 6.01. The van der Waals surface area contributed by atoms with E-state index in [9.17, 15) is 33.9 Å². The van der Waals surface area contributed by atoms with Crippen molar-refractivity contribution in [3.05, 3.63) is 90.0 Å². The number of amides is 6. The summed E-state index contributed by atoms with van der Waals surface area (Å²) < 4.78 is 23.1. The van der Waals surface area contributed by atoms with Crippen LogP contribution < -0.4 is 41.8 Å². The number of carbonyl (C=O) groups is 6. The molecule has 4 atom stereocenters. The van der Waals surface area contributed by atoms with Gasteiger partial charge < -0.3 is 56.0 Å². The molecule has 0 aromatic heterocycles. The number of unbranched alkanes of at least 4 members (excludes halogenated alkanes) is 2. The number of rotatable bonds is 21. The van der Waals surface area contributed by atoms with Gasteiger partial charge in [0.1, 0.15) is 31.0 Å². The first-order valence-electron chi connectivity index (χ1n) is 23.1. The van der Waals surface area contributed by atoms with Crippen LogP contribution in [0.5, 0.6) is 17.2 Å². The summed E-state index contributed by atoms with van der Waals surface area (Å²) in [5, 5.41) is 22.9. The standard InChI is InChI=1S/C49H69N7O11.ClH/c1-34(2)30-40(51-21-11-5-8-16-45(59)56-22-24-64-26-28-66-42-14-9-10-15-43(42)67-29-27-65-25-23-56)48(62)55-49(63)41(32-36-12-6-4-7-13-36)54-44(58)33-52-46(60)35(3)53-47(61)39(50)31-37-17-19-38(57)20-18-37;/h4,6-7,9-10,12-15,17-20,34-35,39-41,51,57H,5,8,11,16,21-33,50H2,1-3H3,(H,52,60)(H,53,61)(H,54,58)(H,55,62,63);1H/t35-,39+,40+,41+;/m1./s1. The minimum absolute atomic E-state index is 0. The summed E-state index contributed by atoms with van der Waals surface area (Å²) in [7, 11) is 0. The molecule has 8 N–H and O–H groups in total. The Hall–Kier alpha value is -5.79. The second kappa shape index (κ2) is 31.3. The molecule has 6 amide bonds. The van der Waals surface area contributed by atoms with Gasteiger partial charge in [0.2, 0.25) is 35.4 Å². The summed E-state index contributed by atoms with van der Waals surface area (Å²) >= 11 is 0. The van der Waals surface area contributed by atoms with E-state index in [1.807, 2.05) is 44.2 Å². The molecule has 0 bridgehead atoms. The number of para-hydroxylation sites is 2. The number of fused-ring (bicyclic) bond motifs is 1. The molecule has 3 aromatic rings. The molecule has 0 unspecified atom stereocenters. The number of ether oxygens (including phenoxy) is 4. The number of nitrogens with two attached hydrogens (primary N) is 1. The van der Waals surface area contributed by atoms with E-state index in [1.54, 1.807) is 41.3 Å². The zero-order chi connectivity index (χ0) is 48.4. The van der Waals surface area contributed by atoms with Gasteiger partial charge in [-0.2, -0.15) is 0 Å². The van der Waals surface area contributed by atoms with Crippen LogP contribution in [0.25, 0.3) is 0 Å². The lowest BCUT2D eigenvalue weighted by molar-refractivity contribution is -0.135. The summed E-state index contributed by atoms with van der Waals surface area (Å²) in [6, 6.07) is 18.8. The number of phenolic OH excluding ortho intramolecular Hbond substituents is 1. The van der Waals surface area contributed by atoms with E-state index in [4.69, 9.17) is 24.7 Å². The quantitative estimate of drug-likeness (QED) is 0.0760. The molecule has 0 saturated heterocycles. The number of benzene rings is 3. The first-order chi connectivity index (χ1) is 32.3. The van der Waals surface area contributed by atoms with E-state index < -0.39 is 60.2 Å². The van der Waals surface area contributed by atoms with Gasteiger partial charge in [0.15, 0.2) is 11.5 Å². The van der Waals surface area contributed by atoms with Gasteiger partial charge >= 0.3 is 0 Å². The fourth-order valence-electron chi connectivity index (χ4n) is 7.08. The zero-order valence-corrected chi connectivity index (χ0v) is 40.2. The summed E-state index contributed by atoms with van der Waals surface area (Å²) in [5.74, 6) is -1.68. The predicted octanol–water partition coefficient (Wildman–Crippen LogP) is 2.57. The number of aromatic hydroxyl groups is 1. The molecule has 0 aliphatic carbocycles. The van der Waals surface area contributed by atoms with Crippen molar-refractivity contribution in [1.29, 1.82) is 0 Å². The molecule has 3 aromatic carbocycles. The van der Waals surface area contributed by atoms with E-state index in [0.29, 0.717) is 96.5 Å². The van der Waals surface area contributed by atoms with Crippen molar-refractivity contribution in [1.82, 2.24) is 31.5 Å². The Kier molecular flexibility index (Phi) is 26.0. The molecule has 0 radical (unpaired) electrons. The molecular formula is C49H70ClN7O11. The third-order valence-corrected chi connectivity index (χ3v) is 10.7. The molecule has 1 aliphatic rings. The largest absolute Gasteiger partial charge is 0.508 e. The normalized spacial score (nSPS) is 15.2. The van der Waals surface area contributed by atoms with Gasteiger partial charge in [0, 0.05) is 25.9 Å². The van der Waals surface area contributed by atoms with Crippen molar-refractivity contribution < 1.29 is 52.8 Å². The molecule has 68 heavy (non-hydrogen) atoms. The van der Waals surface area contributed by atoms with Crippen molar-refractivity contribution >= 4 is 47.9 Å². The maximum atomic E-state index is 13.7. The highest BCUT2D eigenvalue weighted by Gasteiger charge is 2.28. The molecule has 374 valence electrons. The number of hydrogen-bond donors (Lipinski definition) is 7. The number of imide groups is 1. The Labute approximate surface area is 405 Å². The number of hydrogen-bond acceptors (Lipinski definition) is 13. The average molecular weight is 969 g/mol. The predicted molar refractivity (Wildman–Crippen MR) is 258 cm³/mol. The Balaban J connectivity index is 0.0000122. The van der Waals surface area contributed by atoms with Crippen LogP contribution in [-0.2, 0) is 51.1 Å². The van der Waals surface area contributed by atoms with Crippen molar-refractivity contribution in [3.8, 4) is 17.2 Å². The van der Waals surface area contributed by atoms with Gasteiger partial charge in [0.25, 0.3) is 0 Å².